The predicted molar refractivity (Wildman–Crippen MR) is 81.0 cm³/mol. The summed E-state index contributed by atoms with van der Waals surface area (Å²) in [4.78, 5) is 12.2. The predicted octanol–water partition coefficient (Wildman–Crippen LogP) is 3.44. The summed E-state index contributed by atoms with van der Waals surface area (Å²) in [5, 5.41) is 9.97. The van der Waals surface area contributed by atoms with Gasteiger partial charge in [0.2, 0.25) is 0 Å². The van der Waals surface area contributed by atoms with Crippen LogP contribution >= 0.6 is 0 Å². The Morgan fingerprint density at radius 2 is 1.82 bits per heavy atom. The molecule has 0 spiro atoms. The molecule has 0 radical (unpaired) electrons. The van der Waals surface area contributed by atoms with Crippen LogP contribution in [0.1, 0.15) is 15.9 Å². The van der Waals surface area contributed by atoms with Crippen molar-refractivity contribution in [2.24, 2.45) is 0 Å². The standard InChI is InChI=1S/C17H15FO4/c1-21-13-9-15(20)17(16(10-13)22-2)14(19)8-5-11-3-6-12(18)7-4-11/h3-10,20H,1-2H3. The Morgan fingerprint density at radius 1 is 1.14 bits per heavy atom. The molecule has 0 aliphatic carbocycles. The van der Waals surface area contributed by atoms with Crippen molar-refractivity contribution in [1.29, 1.82) is 0 Å². The lowest BCUT2D eigenvalue weighted by Gasteiger charge is -2.10. The molecule has 1 N–H and O–H groups in total. The molecule has 0 saturated carbocycles. The van der Waals surface area contributed by atoms with Gasteiger partial charge >= 0.3 is 0 Å². The molecular formula is C17H15FO4. The second-order valence-corrected chi connectivity index (χ2v) is 4.47. The SMILES string of the molecule is COc1cc(O)c(C(=O)C=Cc2ccc(F)cc2)c(OC)c1. The molecule has 2 rings (SSSR count). The van der Waals surface area contributed by atoms with Crippen LogP contribution in [0.5, 0.6) is 17.2 Å². The molecule has 0 aliphatic heterocycles. The van der Waals surface area contributed by atoms with Crippen LogP contribution in [0.15, 0.2) is 42.5 Å². The molecule has 0 aliphatic rings. The Kier molecular flexibility index (Phi) is 4.78. The Balaban J connectivity index is 2.31. The van der Waals surface area contributed by atoms with Crippen molar-refractivity contribution in [3.05, 3.63) is 59.4 Å². The van der Waals surface area contributed by atoms with Crippen LogP contribution in [0.25, 0.3) is 6.08 Å². The number of carbonyl (C=O) groups excluding carboxylic acids is 1. The quantitative estimate of drug-likeness (QED) is 0.679. The van der Waals surface area contributed by atoms with E-state index in [0.29, 0.717) is 11.3 Å². The van der Waals surface area contributed by atoms with E-state index in [-0.39, 0.29) is 22.9 Å². The number of rotatable bonds is 5. The van der Waals surface area contributed by atoms with Crippen LogP contribution in [-0.4, -0.2) is 25.1 Å². The van der Waals surface area contributed by atoms with Crippen molar-refractivity contribution >= 4 is 11.9 Å². The Morgan fingerprint density at radius 3 is 2.41 bits per heavy atom. The van der Waals surface area contributed by atoms with E-state index in [2.05, 4.69) is 0 Å². The zero-order valence-corrected chi connectivity index (χ0v) is 12.2. The first-order chi connectivity index (χ1) is 10.5. The summed E-state index contributed by atoms with van der Waals surface area (Å²) in [6.45, 7) is 0. The van der Waals surface area contributed by atoms with Gasteiger partial charge in [0.1, 0.15) is 28.6 Å². The number of ketones is 1. The monoisotopic (exact) mass is 302 g/mol. The molecule has 0 saturated heterocycles. The van der Waals surface area contributed by atoms with E-state index < -0.39 is 5.78 Å². The maximum Gasteiger partial charge on any atom is 0.193 e. The van der Waals surface area contributed by atoms with Gasteiger partial charge in [-0.2, -0.15) is 0 Å². The molecule has 114 valence electrons. The van der Waals surface area contributed by atoms with Crippen molar-refractivity contribution in [2.75, 3.05) is 14.2 Å². The van der Waals surface area contributed by atoms with E-state index in [4.69, 9.17) is 9.47 Å². The zero-order valence-electron chi connectivity index (χ0n) is 12.2. The van der Waals surface area contributed by atoms with E-state index in [9.17, 15) is 14.3 Å². The number of phenolic OH excluding ortho intramolecular Hbond substituents is 1. The summed E-state index contributed by atoms with van der Waals surface area (Å²) < 4.78 is 22.9. The lowest BCUT2D eigenvalue weighted by Crippen LogP contribution is -2.00. The molecule has 0 heterocycles. The molecule has 2 aromatic rings. The normalized spacial score (nSPS) is 10.7. The van der Waals surface area contributed by atoms with Crippen LogP contribution in [0.3, 0.4) is 0 Å². The van der Waals surface area contributed by atoms with Gasteiger partial charge in [0.05, 0.1) is 14.2 Å². The number of methoxy groups -OCH3 is 2. The third-order valence-corrected chi connectivity index (χ3v) is 3.05. The number of hydrogen-bond donors (Lipinski definition) is 1. The molecule has 4 nitrogen and oxygen atoms in total. The van der Waals surface area contributed by atoms with Gasteiger partial charge in [-0.15, -0.1) is 0 Å². The molecule has 0 bridgehead atoms. The Bertz CT molecular complexity index is 705. The van der Waals surface area contributed by atoms with Crippen LogP contribution < -0.4 is 9.47 Å². The van der Waals surface area contributed by atoms with Gasteiger partial charge in [-0.3, -0.25) is 4.79 Å². The van der Waals surface area contributed by atoms with Gasteiger partial charge in [-0.05, 0) is 23.8 Å². The van der Waals surface area contributed by atoms with E-state index in [1.807, 2.05) is 0 Å². The highest BCUT2D eigenvalue weighted by Gasteiger charge is 2.17. The highest BCUT2D eigenvalue weighted by atomic mass is 19.1. The molecule has 2 aromatic carbocycles. The van der Waals surface area contributed by atoms with E-state index in [1.165, 1.54) is 50.6 Å². The van der Waals surface area contributed by atoms with Crippen molar-refractivity contribution in [3.8, 4) is 17.2 Å². The lowest BCUT2D eigenvalue weighted by molar-refractivity contribution is 0.104. The Labute approximate surface area is 127 Å². The first-order valence-corrected chi connectivity index (χ1v) is 6.48. The van der Waals surface area contributed by atoms with Gasteiger partial charge in [0.15, 0.2) is 5.78 Å². The second-order valence-electron chi connectivity index (χ2n) is 4.47. The molecule has 0 amide bonds. The number of ether oxygens (including phenoxy) is 2. The van der Waals surface area contributed by atoms with Gasteiger partial charge < -0.3 is 14.6 Å². The zero-order chi connectivity index (χ0) is 16.1. The van der Waals surface area contributed by atoms with E-state index in [0.717, 1.165) is 0 Å². The average Bonchev–Trinajstić information content (AvgIpc) is 2.53. The third-order valence-electron chi connectivity index (χ3n) is 3.05. The molecule has 22 heavy (non-hydrogen) atoms. The fraction of sp³-hybridized carbons (Fsp3) is 0.118. The molecule has 0 aromatic heterocycles. The fourth-order valence-electron chi connectivity index (χ4n) is 1.93. The summed E-state index contributed by atoms with van der Waals surface area (Å²) in [6, 6.07) is 8.54. The lowest BCUT2D eigenvalue weighted by atomic mass is 10.1. The summed E-state index contributed by atoms with van der Waals surface area (Å²) in [6.07, 6.45) is 2.82. The first kappa shape index (κ1) is 15.6. The number of phenols is 1. The maximum absolute atomic E-state index is 12.8. The summed E-state index contributed by atoms with van der Waals surface area (Å²) in [5.74, 6) is -0.414. The van der Waals surface area contributed by atoms with Gasteiger partial charge in [0, 0.05) is 12.1 Å². The van der Waals surface area contributed by atoms with Crippen molar-refractivity contribution in [2.45, 2.75) is 0 Å². The number of benzene rings is 2. The number of hydrogen-bond acceptors (Lipinski definition) is 4. The van der Waals surface area contributed by atoms with Crippen molar-refractivity contribution in [1.82, 2.24) is 0 Å². The molecule has 0 atom stereocenters. The van der Waals surface area contributed by atoms with Crippen molar-refractivity contribution < 1.29 is 23.8 Å². The van der Waals surface area contributed by atoms with Crippen molar-refractivity contribution in [3.63, 3.8) is 0 Å². The smallest absolute Gasteiger partial charge is 0.193 e. The minimum atomic E-state index is -0.429. The van der Waals surface area contributed by atoms with Crippen LogP contribution in [0.2, 0.25) is 0 Å². The fourth-order valence-corrected chi connectivity index (χ4v) is 1.93. The maximum atomic E-state index is 12.8. The summed E-state index contributed by atoms with van der Waals surface area (Å²) in [5.41, 5.74) is 0.711. The van der Waals surface area contributed by atoms with Gasteiger partial charge in [-0.1, -0.05) is 18.2 Å². The second kappa shape index (κ2) is 6.76. The van der Waals surface area contributed by atoms with E-state index in [1.54, 1.807) is 12.1 Å². The number of aromatic hydroxyl groups is 1. The first-order valence-electron chi connectivity index (χ1n) is 6.48. The summed E-state index contributed by atoms with van der Waals surface area (Å²) in [7, 11) is 2.85. The third kappa shape index (κ3) is 3.44. The van der Waals surface area contributed by atoms with E-state index >= 15 is 0 Å². The highest BCUT2D eigenvalue weighted by Crippen LogP contribution is 2.33. The van der Waals surface area contributed by atoms with Crippen LogP contribution in [0, 0.1) is 5.82 Å². The summed E-state index contributed by atoms with van der Waals surface area (Å²) >= 11 is 0. The number of carbonyl (C=O) groups is 1. The number of allylic oxidation sites excluding steroid dienone is 1. The minimum absolute atomic E-state index is 0.0432. The minimum Gasteiger partial charge on any atom is -0.507 e. The molecule has 0 fully saturated rings. The molecule has 0 unspecified atom stereocenters. The number of halogens is 1. The van der Waals surface area contributed by atoms with Crippen LogP contribution in [0.4, 0.5) is 4.39 Å². The largest absolute Gasteiger partial charge is 0.507 e. The molecular weight excluding hydrogens is 287 g/mol. The van der Waals surface area contributed by atoms with Crippen LogP contribution in [-0.2, 0) is 0 Å². The highest BCUT2D eigenvalue weighted by molar-refractivity contribution is 6.10. The van der Waals surface area contributed by atoms with Gasteiger partial charge in [0.25, 0.3) is 0 Å². The molecule has 5 heteroatoms. The topological polar surface area (TPSA) is 55.8 Å². The van der Waals surface area contributed by atoms with Gasteiger partial charge in [-0.25, -0.2) is 4.39 Å². The Hall–Kier alpha value is -2.82. The average molecular weight is 302 g/mol.